The van der Waals surface area contributed by atoms with Gasteiger partial charge in [-0.05, 0) is 37.1 Å². The lowest BCUT2D eigenvalue weighted by atomic mass is 10.0. The predicted octanol–water partition coefficient (Wildman–Crippen LogP) is 3.13. The Morgan fingerprint density at radius 1 is 1.39 bits per heavy atom. The van der Waals surface area contributed by atoms with Crippen LogP contribution in [0.4, 0.5) is 0 Å². The number of aromatic nitrogens is 2. The fourth-order valence-electron chi connectivity index (χ4n) is 1.98. The van der Waals surface area contributed by atoms with Gasteiger partial charge in [-0.25, -0.2) is 4.98 Å². The van der Waals surface area contributed by atoms with Crippen LogP contribution < -0.4 is 5.32 Å². The van der Waals surface area contributed by atoms with Crippen molar-refractivity contribution in [2.24, 2.45) is 0 Å². The van der Waals surface area contributed by atoms with E-state index < -0.39 is 0 Å². The summed E-state index contributed by atoms with van der Waals surface area (Å²) in [4.78, 5) is 8.62. The monoisotopic (exact) mass is 261 g/mol. The lowest BCUT2D eigenvalue weighted by Gasteiger charge is -2.19. The molecule has 2 aromatic rings. The lowest BCUT2D eigenvalue weighted by molar-refractivity contribution is 0.525. The summed E-state index contributed by atoms with van der Waals surface area (Å²) < 4.78 is 0. The van der Waals surface area contributed by atoms with E-state index in [0.29, 0.717) is 6.04 Å². The summed E-state index contributed by atoms with van der Waals surface area (Å²) in [5.41, 5.74) is 2.57. The van der Waals surface area contributed by atoms with Gasteiger partial charge in [-0.15, -0.1) is 11.3 Å². The van der Waals surface area contributed by atoms with E-state index in [4.69, 9.17) is 0 Å². The van der Waals surface area contributed by atoms with Gasteiger partial charge in [0.2, 0.25) is 0 Å². The molecule has 0 fully saturated rings. The van der Waals surface area contributed by atoms with E-state index in [1.807, 2.05) is 24.0 Å². The number of nitrogens with one attached hydrogen (secondary N) is 1. The third-order valence-electron chi connectivity index (χ3n) is 2.96. The highest BCUT2D eigenvalue weighted by Crippen LogP contribution is 2.21. The summed E-state index contributed by atoms with van der Waals surface area (Å²) >= 11 is 1.71. The molecule has 0 bridgehead atoms. The highest BCUT2D eigenvalue weighted by atomic mass is 32.1. The fraction of sp³-hybridized carbons (Fsp3) is 0.429. The van der Waals surface area contributed by atoms with E-state index in [9.17, 15) is 0 Å². The van der Waals surface area contributed by atoms with Crippen LogP contribution in [0.2, 0.25) is 0 Å². The number of thiazole rings is 1. The molecule has 2 heterocycles. The maximum Gasteiger partial charge on any atom is 0.0943 e. The molecule has 18 heavy (non-hydrogen) atoms. The topological polar surface area (TPSA) is 37.8 Å². The van der Waals surface area contributed by atoms with Crippen molar-refractivity contribution >= 4 is 11.3 Å². The van der Waals surface area contributed by atoms with Crippen molar-refractivity contribution in [2.75, 3.05) is 6.54 Å². The second-order valence-corrected chi connectivity index (χ2v) is 5.35. The van der Waals surface area contributed by atoms with Crippen LogP contribution in [0, 0.1) is 6.92 Å². The molecule has 0 amide bonds. The molecule has 0 aliphatic rings. The Balaban J connectivity index is 2.16. The van der Waals surface area contributed by atoms with E-state index in [1.165, 1.54) is 16.1 Å². The number of pyridine rings is 1. The van der Waals surface area contributed by atoms with Gasteiger partial charge in [0.25, 0.3) is 0 Å². The summed E-state index contributed by atoms with van der Waals surface area (Å²) in [6.07, 6.45) is 7.75. The van der Waals surface area contributed by atoms with Crippen LogP contribution in [0.15, 0.2) is 30.0 Å². The zero-order valence-electron chi connectivity index (χ0n) is 10.9. The zero-order valence-corrected chi connectivity index (χ0v) is 11.7. The number of rotatable bonds is 6. The number of aryl methyl sites for hydroxylation is 1. The third-order valence-corrected chi connectivity index (χ3v) is 3.76. The van der Waals surface area contributed by atoms with Crippen LogP contribution >= 0.6 is 11.3 Å². The molecule has 0 saturated carbocycles. The minimum Gasteiger partial charge on any atom is -0.310 e. The van der Waals surface area contributed by atoms with Crippen molar-refractivity contribution in [3.63, 3.8) is 0 Å². The molecule has 0 aliphatic heterocycles. The van der Waals surface area contributed by atoms with Gasteiger partial charge >= 0.3 is 0 Å². The van der Waals surface area contributed by atoms with Crippen LogP contribution in [-0.2, 0) is 6.42 Å². The van der Waals surface area contributed by atoms with Crippen molar-refractivity contribution in [3.05, 3.63) is 46.2 Å². The second kappa shape index (κ2) is 6.61. The number of hydrogen-bond donors (Lipinski definition) is 1. The Morgan fingerprint density at radius 3 is 2.94 bits per heavy atom. The predicted molar refractivity (Wildman–Crippen MR) is 75.8 cm³/mol. The number of hydrogen-bond acceptors (Lipinski definition) is 4. The van der Waals surface area contributed by atoms with Crippen LogP contribution in [-0.4, -0.2) is 16.5 Å². The Hall–Kier alpha value is -1.26. The number of nitrogens with zero attached hydrogens (tertiary/aromatic N) is 2. The highest BCUT2D eigenvalue weighted by molar-refractivity contribution is 7.09. The van der Waals surface area contributed by atoms with Crippen LogP contribution in [0.1, 0.15) is 35.5 Å². The molecule has 0 saturated heterocycles. The summed E-state index contributed by atoms with van der Waals surface area (Å²) in [5, 5.41) is 6.79. The van der Waals surface area contributed by atoms with E-state index >= 15 is 0 Å². The molecule has 2 rings (SSSR count). The molecular formula is C14H19N3S. The van der Waals surface area contributed by atoms with Gasteiger partial charge in [0.15, 0.2) is 0 Å². The maximum atomic E-state index is 4.38. The van der Waals surface area contributed by atoms with E-state index in [0.717, 1.165) is 19.4 Å². The molecule has 0 radical (unpaired) electrons. The van der Waals surface area contributed by atoms with E-state index in [-0.39, 0.29) is 0 Å². The van der Waals surface area contributed by atoms with Crippen molar-refractivity contribution in [2.45, 2.75) is 32.7 Å². The van der Waals surface area contributed by atoms with Gasteiger partial charge in [-0.2, -0.15) is 0 Å². The smallest absolute Gasteiger partial charge is 0.0943 e. The average molecular weight is 261 g/mol. The largest absolute Gasteiger partial charge is 0.310 e. The van der Waals surface area contributed by atoms with Gasteiger partial charge in [0.05, 0.1) is 5.01 Å². The van der Waals surface area contributed by atoms with Gasteiger partial charge in [0, 0.05) is 36.4 Å². The normalized spacial score (nSPS) is 12.6. The zero-order chi connectivity index (χ0) is 12.8. The van der Waals surface area contributed by atoms with Crippen molar-refractivity contribution in [3.8, 4) is 0 Å². The standard InChI is InChI=1S/C14H19N3S/c1-3-5-16-13(9-14-17-7-8-18-14)12-10-15-6-4-11(12)2/h4,6-8,10,13,16H,3,5,9H2,1-2H3. The van der Waals surface area contributed by atoms with Gasteiger partial charge < -0.3 is 5.32 Å². The van der Waals surface area contributed by atoms with Gasteiger partial charge in [-0.1, -0.05) is 6.92 Å². The first kappa shape index (κ1) is 13.2. The van der Waals surface area contributed by atoms with Crippen LogP contribution in [0.3, 0.4) is 0 Å². The SMILES string of the molecule is CCCNC(Cc1nccs1)c1cnccc1C. The molecule has 0 aliphatic carbocycles. The Bertz CT molecular complexity index is 468. The Labute approximate surface area is 112 Å². The third kappa shape index (κ3) is 3.37. The molecule has 3 nitrogen and oxygen atoms in total. The summed E-state index contributed by atoms with van der Waals surface area (Å²) in [5.74, 6) is 0. The van der Waals surface area contributed by atoms with Gasteiger partial charge in [-0.3, -0.25) is 4.98 Å². The van der Waals surface area contributed by atoms with E-state index in [1.54, 1.807) is 11.3 Å². The lowest BCUT2D eigenvalue weighted by Crippen LogP contribution is -2.25. The molecule has 4 heteroatoms. The highest BCUT2D eigenvalue weighted by Gasteiger charge is 2.15. The molecule has 96 valence electrons. The first-order valence-corrected chi connectivity index (χ1v) is 7.21. The molecule has 0 spiro atoms. The molecular weight excluding hydrogens is 242 g/mol. The summed E-state index contributed by atoms with van der Waals surface area (Å²) in [6.45, 7) is 5.34. The van der Waals surface area contributed by atoms with Crippen LogP contribution in [0.5, 0.6) is 0 Å². The molecule has 2 aromatic heterocycles. The maximum absolute atomic E-state index is 4.38. The van der Waals surface area contributed by atoms with E-state index in [2.05, 4.69) is 35.2 Å². The summed E-state index contributed by atoms with van der Waals surface area (Å²) in [6, 6.07) is 2.38. The molecule has 0 aromatic carbocycles. The van der Waals surface area contributed by atoms with Crippen LogP contribution in [0.25, 0.3) is 0 Å². The second-order valence-electron chi connectivity index (χ2n) is 4.37. The first-order chi connectivity index (χ1) is 8.81. The molecule has 1 unspecified atom stereocenters. The Morgan fingerprint density at radius 2 is 2.28 bits per heavy atom. The minimum absolute atomic E-state index is 0.310. The molecule has 1 N–H and O–H groups in total. The first-order valence-electron chi connectivity index (χ1n) is 6.33. The average Bonchev–Trinajstić information content (AvgIpc) is 2.88. The van der Waals surface area contributed by atoms with Gasteiger partial charge in [0.1, 0.15) is 0 Å². The quantitative estimate of drug-likeness (QED) is 0.868. The fourth-order valence-corrected chi connectivity index (χ4v) is 2.64. The Kier molecular flexibility index (Phi) is 4.84. The minimum atomic E-state index is 0.310. The van der Waals surface area contributed by atoms with Crippen molar-refractivity contribution in [1.82, 2.24) is 15.3 Å². The van der Waals surface area contributed by atoms with Crippen molar-refractivity contribution in [1.29, 1.82) is 0 Å². The summed E-state index contributed by atoms with van der Waals surface area (Å²) in [7, 11) is 0. The molecule has 1 atom stereocenters. The van der Waals surface area contributed by atoms with Crippen molar-refractivity contribution < 1.29 is 0 Å².